The number of carbonyl (C=O) groups excluding carboxylic acids is 1. The minimum absolute atomic E-state index is 0.141. The Labute approximate surface area is 201 Å². The number of thioether (sulfide) groups is 1. The summed E-state index contributed by atoms with van der Waals surface area (Å²) in [4.78, 5) is 12.5. The van der Waals surface area contributed by atoms with Crippen LogP contribution in [0.3, 0.4) is 0 Å². The van der Waals surface area contributed by atoms with Crippen molar-refractivity contribution in [2.24, 2.45) is 0 Å². The Morgan fingerprint density at radius 3 is 2.39 bits per heavy atom. The monoisotopic (exact) mass is 476 g/mol. The lowest BCUT2D eigenvalue weighted by Crippen LogP contribution is -2.14. The summed E-state index contributed by atoms with van der Waals surface area (Å²) in [5.74, 6) is 2.20. The van der Waals surface area contributed by atoms with E-state index >= 15 is 0 Å². The molecule has 3 aromatic carbocycles. The molecule has 1 N–H and O–H groups in total. The van der Waals surface area contributed by atoms with Gasteiger partial charge in [0.25, 0.3) is 0 Å². The molecule has 0 aliphatic rings. The van der Waals surface area contributed by atoms with E-state index in [1.54, 1.807) is 30.3 Å². The number of nitrogens with one attached hydrogen (secondary N) is 1. The van der Waals surface area contributed by atoms with Crippen molar-refractivity contribution >= 4 is 35.0 Å². The van der Waals surface area contributed by atoms with E-state index in [1.807, 2.05) is 59.2 Å². The van der Waals surface area contributed by atoms with Gasteiger partial charge in [0, 0.05) is 22.8 Å². The first kappa shape index (κ1) is 22.6. The van der Waals surface area contributed by atoms with E-state index in [1.165, 1.54) is 11.8 Å². The Morgan fingerprint density at radius 1 is 1.00 bits per heavy atom. The fourth-order valence-corrected chi connectivity index (χ4v) is 3.93. The molecule has 0 fully saturated rings. The fraction of sp³-hybridized carbons (Fsp3) is 0.0800. The van der Waals surface area contributed by atoms with Crippen molar-refractivity contribution in [2.75, 3.05) is 11.1 Å². The second kappa shape index (κ2) is 10.8. The Hall–Kier alpha value is -3.55. The van der Waals surface area contributed by atoms with E-state index in [4.69, 9.17) is 16.3 Å². The number of nitrogens with zero attached hydrogens (tertiary/aromatic N) is 3. The number of hydrogen-bond donors (Lipinski definition) is 1. The smallest absolute Gasteiger partial charge is 0.234 e. The molecule has 0 saturated heterocycles. The number of benzene rings is 3. The molecule has 0 saturated carbocycles. The number of halogens is 1. The van der Waals surface area contributed by atoms with Crippen LogP contribution in [0.25, 0.3) is 11.4 Å². The van der Waals surface area contributed by atoms with Crippen molar-refractivity contribution in [1.82, 2.24) is 14.8 Å². The van der Waals surface area contributed by atoms with Crippen LogP contribution in [0.4, 0.5) is 5.69 Å². The number of carbonyl (C=O) groups is 1. The molecule has 1 amide bonds. The van der Waals surface area contributed by atoms with Gasteiger partial charge in [-0.1, -0.05) is 47.6 Å². The third-order valence-corrected chi connectivity index (χ3v) is 5.80. The number of hydrogen-bond acceptors (Lipinski definition) is 5. The average Bonchev–Trinajstić information content (AvgIpc) is 3.23. The fourth-order valence-electron chi connectivity index (χ4n) is 3.06. The SMILES string of the molecule is C=CCn1c(SCC(=O)Nc2ccc(Oc3ccccc3)cc2)nnc1-c1ccc(Cl)cc1. The summed E-state index contributed by atoms with van der Waals surface area (Å²) >= 11 is 7.30. The lowest BCUT2D eigenvalue weighted by atomic mass is 10.2. The minimum Gasteiger partial charge on any atom is -0.457 e. The number of rotatable bonds is 9. The van der Waals surface area contributed by atoms with Crippen LogP contribution in [-0.2, 0) is 11.3 Å². The molecule has 0 aliphatic carbocycles. The molecule has 0 atom stereocenters. The zero-order valence-corrected chi connectivity index (χ0v) is 19.2. The summed E-state index contributed by atoms with van der Waals surface area (Å²) < 4.78 is 7.70. The van der Waals surface area contributed by atoms with Crippen molar-refractivity contribution < 1.29 is 9.53 Å². The molecule has 4 aromatic rings. The number of para-hydroxylation sites is 1. The molecule has 0 spiro atoms. The third kappa shape index (κ3) is 6.03. The molecule has 0 radical (unpaired) electrons. The lowest BCUT2D eigenvalue weighted by molar-refractivity contribution is -0.113. The van der Waals surface area contributed by atoms with Crippen molar-refractivity contribution in [3.63, 3.8) is 0 Å². The van der Waals surface area contributed by atoms with Gasteiger partial charge < -0.3 is 10.1 Å². The van der Waals surface area contributed by atoms with Gasteiger partial charge in [0.1, 0.15) is 11.5 Å². The molecular weight excluding hydrogens is 456 g/mol. The van der Waals surface area contributed by atoms with Crippen LogP contribution in [0.2, 0.25) is 5.02 Å². The van der Waals surface area contributed by atoms with E-state index in [0.717, 1.165) is 11.3 Å². The lowest BCUT2D eigenvalue weighted by Gasteiger charge is -2.09. The van der Waals surface area contributed by atoms with E-state index < -0.39 is 0 Å². The first-order valence-electron chi connectivity index (χ1n) is 10.2. The minimum atomic E-state index is -0.141. The maximum atomic E-state index is 12.5. The summed E-state index contributed by atoms with van der Waals surface area (Å²) in [5.41, 5.74) is 1.58. The van der Waals surface area contributed by atoms with E-state index in [2.05, 4.69) is 22.1 Å². The van der Waals surface area contributed by atoms with Crippen molar-refractivity contribution in [2.45, 2.75) is 11.7 Å². The van der Waals surface area contributed by atoms with Crippen LogP contribution in [0.5, 0.6) is 11.5 Å². The second-order valence-corrected chi connectivity index (χ2v) is 8.37. The largest absolute Gasteiger partial charge is 0.457 e. The maximum Gasteiger partial charge on any atom is 0.234 e. The molecule has 0 bridgehead atoms. The van der Waals surface area contributed by atoms with Crippen molar-refractivity contribution in [3.05, 3.63) is 96.5 Å². The summed E-state index contributed by atoms with van der Waals surface area (Å²) in [6, 6.07) is 24.2. The van der Waals surface area contributed by atoms with Crippen molar-refractivity contribution in [1.29, 1.82) is 0 Å². The standard InChI is InChI=1S/C25H21ClN4O2S/c1-2-16-30-24(18-8-10-19(26)11-9-18)28-29-25(30)33-17-23(31)27-20-12-14-22(15-13-20)32-21-6-4-3-5-7-21/h2-15H,1,16-17H2,(H,27,31). The summed E-state index contributed by atoms with van der Waals surface area (Å²) in [7, 11) is 0. The summed E-state index contributed by atoms with van der Waals surface area (Å²) in [6.45, 7) is 4.34. The zero-order chi connectivity index (χ0) is 23.0. The molecule has 6 nitrogen and oxygen atoms in total. The first-order chi connectivity index (χ1) is 16.1. The molecule has 166 valence electrons. The van der Waals surface area contributed by atoms with E-state index in [0.29, 0.717) is 34.0 Å². The van der Waals surface area contributed by atoms with Gasteiger partial charge in [-0.2, -0.15) is 0 Å². The number of aromatic nitrogens is 3. The van der Waals surface area contributed by atoms with Crippen LogP contribution in [-0.4, -0.2) is 26.4 Å². The highest BCUT2D eigenvalue weighted by Gasteiger charge is 2.15. The van der Waals surface area contributed by atoms with Gasteiger partial charge in [-0.25, -0.2) is 0 Å². The molecule has 33 heavy (non-hydrogen) atoms. The molecule has 0 aliphatic heterocycles. The van der Waals surface area contributed by atoms with Crippen LogP contribution < -0.4 is 10.1 Å². The predicted molar refractivity (Wildman–Crippen MR) is 133 cm³/mol. The second-order valence-electron chi connectivity index (χ2n) is 6.99. The quantitative estimate of drug-likeness (QED) is 0.226. The highest BCUT2D eigenvalue weighted by molar-refractivity contribution is 7.99. The third-order valence-electron chi connectivity index (χ3n) is 4.58. The van der Waals surface area contributed by atoms with Gasteiger partial charge in [-0.15, -0.1) is 16.8 Å². The van der Waals surface area contributed by atoms with Crippen LogP contribution in [0.1, 0.15) is 0 Å². The average molecular weight is 477 g/mol. The van der Waals surface area contributed by atoms with Crippen LogP contribution in [0.15, 0.2) is 96.7 Å². The highest BCUT2D eigenvalue weighted by Crippen LogP contribution is 2.26. The van der Waals surface area contributed by atoms with Crippen molar-refractivity contribution in [3.8, 4) is 22.9 Å². The molecule has 1 aromatic heterocycles. The van der Waals surface area contributed by atoms with Gasteiger partial charge in [-0.05, 0) is 60.7 Å². The maximum absolute atomic E-state index is 12.5. The van der Waals surface area contributed by atoms with Gasteiger partial charge >= 0.3 is 0 Å². The number of anilines is 1. The normalized spacial score (nSPS) is 10.6. The molecule has 8 heteroatoms. The van der Waals surface area contributed by atoms with Gasteiger partial charge in [0.2, 0.25) is 5.91 Å². The molecule has 4 rings (SSSR count). The highest BCUT2D eigenvalue weighted by atomic mass is 35.5. The molecular formula is C25H21ClN4O2S. The topological polar surface area (TPSA) is 69.0 Å². The zero-order valence-electron chi connectivity index (χ0n) is 17.6. The van der Waals surface area contributed by atoms with Gasteiger partial charge in [-0.3, -0.25) is 9.36 Å². The Morgan fingerprint density at radius 2 is 1.70 bits per heavy atom. The van der Waals surface area contributed by atoms with Gasteiger partial charge in [0.15, 0.2) is 11.0 Å². The number of amides is 1. The van der Waals surface area contributed by atoms with Gasteiger partial charge in [0.05, 0.1) is 5.75 Å². The van der Waals surface area contributed by atoms with E-state index in [-0.39, 0.29) is 11.7 Å². The summed E-state index contributed by atoms with van der Waals surface area (Å²) in [6.07, 6.45) is 1.77. The van der Waals surface area contributed by atoms with E-state index in [9.17, 15) is 4.79 Å². The molecule has 0 unspecified atom stereocenters. The summed E-state index contributed by atoms with van der Waals surface area (Å²) in [5, 5.41) is 12.7. The molecule has 1 heterocycles. The Balaban J connectivity index is 1.36. The van der Waals surface area contributed by atoms with Crippen LogP contribution in [0, 0.1) is 0 Å². The number of ether oxygens (including phenoxy) is 1. The Kier molecular flexibility index (Phi) is 7.44. The first-order valence-corrected chi connectivity index (χ1v) is 11.5. The predicted octanol–water partition coefficient (Wildman–Crippen LogP) is 6.31. The number of allylic oxidation sites excluding steroid dienone is 1. The Bertz CT molecular complexity index is 1230. The van der Waals surface area contributed by atoms with Crippen LogP contribution >= 0.6 is 23.4 Å².